The zero-order valence-electron chi connectivity index (χ0n) is 38.4. The van der Waals surface area contributed by atoms with E-state index in [-0.39, 0.29) is 24.1 Å². The first kappa shape index (κ1) is 72.5. The quantitative estimate of drug-likeness (QED) is 0.0917. The number of hydrogen-bond donors (Lipinski definition) is 0. The minimum absolute atomic E-state index is 0.0347. The van der Waals surface area contributed by atoms with Crippen LogP contribution in [-0.4, -0.2) is 135 Å². The van der Waals surface area contributed by atoms with Crippen LogP contribution in [0.5, 0.6) is 11.5 Å². The van der Waals surface area contributed by atoms with E-state index in [1.165, 1.54) is 0 Å². The molecular weight excluding hydrogens is 1250 g/mol. The first-order valence-corrected chi connectivity index (χ1v) is 20.7. The van der Waals surface area contributed by atoms with Crippen molar-refractivity contribution in [3.05, 3.63) is 48.0 Å². The zero-order chi connectivity index (χ0) is 63.9. The van der Waals surface area contributed by atoms with E-state index < -0.39 is 164 Å². The fourth-order valence-corrected chi connectivity index (χ4v) is 6.72. The molecule has 0 unspecified atom stereocenters. The number of hydrogen-bond acceptors (Lipinski definition) is 6. The first-order chi connectivity index (χ1) is 35.7. The van der Waals surface area contributed by atoms with Gasteiger partial charge in [0.1, 0.15) is 23.7 Å². The molecule has 0 spiro atoms. The molecule has 2 aromatic carbocycles. The molecule has 2 aromatic rings. The maximum Gasteiger partial charge on any atom is 0.435 e. The van der Waals surface area contributed by atoms with Gasteiger partial charge in [-0.25, -0.2) is 0 Å². The Morgan fingerprint density at radius 2 is 0.519 bits per heavy atom. The summed E-state index contributed by atoms with van der Waals surface area (Å²) in [6.07, 6.45) is -102. The Balaban J connectivity index is 3.27. The molecule has 81 heavy (non-hydrogen) atoms. The SMILES string of the molecule is CCCCCc1ccc(-c2cc(OC(COC(C(F)(F)F)(C(F)(F)F)C(F)(F)F)COC(C(F)(F)F)(C(F)(F)F)C(F)(F)F)cc(OC(COC(C(F)(F)F)(C(F)(F)F)C(F)(F)F)COC(C(F)(F)F)(C(F)(F)F)C(F)(F)F)c2)cc1. The van der Waals surface area contributed by atoms with E-state index >= 15 is 0 Å². The average Bonchev–Trinajstić information content (AvgIpc) is 3.18. The van der Waals surface area contributed by atoms with Gasteiger partial charge in [-0.15, -0.1) is 0 Å². The molecule has 0 heterocycles. The smallest absolute Gasteiger partial charge is 0.435 e. The topological polar surface area (TPSA) is 55.4 Å². The Hall–Kier alpha value is -4.64. The minimum Gasteiger partial charge on any atom is -0.485 e. The van der Waals surface area contributed by atoms with Crippen LogP contribution >= 0.6 is 0 Å². The van der Waals surface area contributed by atoms with Crippen molar-refractivity contribution in [1.82, 2.24) is 0 Å². The lowest BCUT2D eigenvalue weighted by molar-refractivity contribution is -0.466. The van der Waals surface area contributed by atoms with E-state index in [2.05, 4.69) is 28.4 Å². The molecule has 42 heteroatoms. The third kappa shape index (κ3) is 14.7. The van der Waals surface area contributed by atoms with Crippen molar-refractivity contribution in [2.75, 3.05) is 26.4 Å². The van der Waals surface area contributed by atoms with Crippen molar-refractivity contribution in [1.29, 1.82) is 0 Å². The van der Waals surface area contributed by atoms with Crippen LogP contribution in [-0.2, 0) is 25.4 Å². The van der Waals surface area contributed by atoms with Crippen LogP contribution in [0.3, 0.4) is 0 Å². The van der Waals surface area contributed by atoms with Crippen LogP contribution in [0.1, 0.15) is 31.7 Å². The van der Waals surface area contributed by atoms with Crippen molar-refractivity contribution in [2.24, 2.45) is 0 Å². The molecule has 0 saturated carbocycles. The lowest BCUT2D eigenvalue weighted by atomic mass is 10.0. The first-order valence-electron chi connectivity index (χ1n) is 20.7. The van der Waals surface area contributed by atoms with E-state index in [1.54, 1.807) is 6.92 Å². The van der Waals surface area contributed by atoms with E-state index in [4.69, 9.17) is 0 Å². The van der Waals surface area contributed by atoms with Crippen LogP contribution in [0.2, 0.25) is 0 Å². The summed E-state index contributed by atoms with van der Waals surface area (Å²) in [5, 5.41) is 0. The van der Waals surface area contributed by atoms with Gasteiger partial charge in [0.25, 0.3) is 0 Å². The fraction of sp³-hybridized carbons (Fsp3) is 0.692. The van der Waals surface area contributed by atoms with Crippen molar-refractivity contribution in [3.63, 3.8) is 0 Å². The number of alkyl halides is 36. The van der Waals surface area contributed by atoms with E-state index in [1.807, 2.05) is 0 Å². The van der Waals surface area contributed by atoms with Gasteiger partial charge in [-0.05, 0) is 41.7 Å². The predicted octanol–water partition coefficient (Wildman–Crippen LogP) is 16.4. The molecular formula is C39H28F36O6. The third-order valence-electron chi connectivity index (χ3n) is 10.6. The van der Waals surface area contributed by atoms with Crippen molar-refractivity contribution < 1.29 is 186 Å². The van der Waals surface area contributed by atoms with Gasteiger partial charge in [0.05, 0.1) is 26.4 Å². The Kier molecular flexibility index (Phi) is 21.0. The van der Waals surface area contributed by atoms with Crippen LogP contribution < -0.4 is 9.47 Å². The van der Waals surface area contributed by atoms with Gasteiger partial charge in [0, 0.05) is 6.07 Å². The van der Waals surface area contributed by atoms with Crippen molar-refractivity contribution >= 4 is 0 Å². The van der Waals surface area contributed by atoms with Gasteiger partial charge in [-0.3, -0.25) is 0 Å². The van der Waals surface area contributed by atoms with Gasteiger partial charge in [-0.2, -0.15) is 158 Å². The number of unbranched alkanes of at least 4 members (excludes halogenated alkanes) is 2. The molecule has 0 saturated heterocycles. The predicted molar refractivity (Wildman–Crippen MR) is 191 cm³/mol. The second-order valence-electron chi connectivity index (χ2n) is 16.3. The summed E-state index contributed by atoms with van der Waals surface area (Å²) >= 11 is 0. The number of rotatable bonds is 21. The summed E-state index contributed by atoms with van der Waals surface area (Å²) in [4.78, 5) is 0. The number of aryl methyl sites for hydroxylation is 1. The number of ether oxygens (including phenoxy) is 6. The summed E-state index contributed by atoms with van der Waals surface area (Å²) in [5.74, 6) is -4.16. The fourth-order valence-electron chi connectivity index (χ4n) is 6.72. The maximum absolute atomic E-state index is 13.8. The number of halogens is 36. The van der Waals surface area contributed by atoms with E-state index in [0.29, 0.717) is 19.3 Å². The third-order valence-corrected chi connectivity index (χ3v) is 10.6. The summed E-state index contributed by atoms with van der Waals surface area (Å²) in [6.45, 7) is -12.7. The molecule has 0 aromatic heterocycles. The summed E-state index contributed by atoms with van der Waals surface area (Å²) in [5.41, 5.74) is -32.5. The molecule has 0 radical (unpaired) electrons. The molecule has 0 atom stereocenters. The molecule has 0 bridgehead atoms. The summed E-state index contributed by atoms with van der Waals surface area (Å²) in [7, 11) is 0. The van der Waals surface area contributed by atoms with Gasteiger partial charge in [-0.1, -0.05) is 44.0 Å². The zero-order valence-corrected chi connectivity index (χ0v) is 38.4. The van der Waals surface area contributed by atoms with Gasteiger partial charge in [0.2, 0.25) is 0 Å². The largest absolute Gasteiger partial charge is 0.485 e. The highest BCUT2D eigenvalue weighted by Gasteiger charge is 2.89. The van der Waals surface area contributed by atoms with E-state index in [0.717, 1.165) is 24.3 Å². The lowest BCUT2D eigenvalue weighted by Gasteiger charge is -2.40. The van der Waals surface area contributed by atoms with Crippen LogP contribution in [0.15, 0.2) is 42.5 Å². The van der Waals surface area contributed by atoms with Crippen molar-refractivity contribution in [3.8, 4) is 22.6 Å². The lowest BCUT2D eigenvalue weighted by Crippen LogP contribution is -2.69. The van der Waals surface area contributed by atoms with Gasteiger partial charge >= 0.3 is 96.5 Å². The highest BCUT2D eigenvalue weighted by molar-refractivity contribution is 5.67. The van der Waals surface area contributed by atoms with Gasteiger partial charge < -0.3 is 28.4 Å². The minimum atomic E-state index is -7.95. The molecule has 0 N–H and O–H groups in total. The summed E-state index contributed by atoms with van der Waals surface area (Å²) < 4.78 is 517. The standard InChI is InChI=1S/C39H28F36O6/c1-2-3-4-5-17-6-8-18(9-7-17)19-10-20(80-22(13-76-24(28(40,41)42,29(43,44)45)30(46,47)48)14-77-25(31(49,50)51,32(52,53)54)33(55,56)57)12-21(11-19)81-23(15-78-26(34(58,59)60,35(61,62)63)36(64,65)66)16-79-27(37(67,68)69,38(70,71)72)39(73,74)75/h6-12,22-23H,2-5,13-16H2,1H3. The van der Waals surface area contributed by atoms with Crippen LogP contribution in [0, 0.1) is 0 Å². The van der Waals surface area contributed by atoms with E-state index in [9.17, 15) is 158 Å². The molecule has 0 amide bonds. The maximum atomic E-state index is 13.8. The second-order valence-corrected chi connectivity index (χ2v) is 16.3. The second kappa shape index (κ2) is 23.4. The normalized spacial score (nSPS) is 15.3. The Labute approximate surface area is 425 Å². The highest BCUT2D eigenvalue weighted by atomic mass is 19.5. The Morgan fingerprint density at radius 1 is 0.296 bits per heavy atom. The average molecular weight is 1280 g/mol. The molecule has 472 valence electrons. The highest BCUT2D eigenvalue weighted by Crippen LogP contribution is 2.59. The Morgan fingerprint density at radius 3 is 0.716 bits per heavy atom. The van der Waals surface area contributed by atoms with Crippen LogP contribution in [0.25, 0.3) is 11.1 Å². The molecule has 0 fully saturated rings. The van der Waals surface area contributed by atoms with Gasteiger partial charge in [0.15, 0.2) is 0 Å². The molecule has 0 aliphatic rings. The molecule has 6 nitrogen and oxygen atoms in total. The Bertz CT molecular complexity index is 1930. The van der Waals surface area contributed by atoms with Crippen LogP contribution in [0.4, 0.5) is 158 Å². The van der Waals surface area contributed by atoms with Crippen molar-refractivity contribution in [2.45, 2.75) is 141 Å². The molecule has 0 aliphatic heterocycles. The molecule has 2 rings (SSSR count). The molecule has 0 aliphatic carbocycles. The number of benzene rings is 2. The monoisotopic (exact) mass is 1280 g/mol. The summed E-state index contributed by atoms with van der Waals surface area (Å²) in [6, 6.07) is 2.91.